The van der Waals surface area contributed by atoms with Gasteiger partial charge in [-0.3, -0.25) is 0 Å². The summed E-state index contributed by atoms with van der Waals surface area (Å²) >= 11 is 0. The summed E-state index contributed by atoms with van der Waals surface area (Å²) in [5.41, 5.74) is 0.725. The van der Waals surface area contributed by atoms with E-state index >= 15 is 0 Å². The molecule has 18 heavy (non-hydrogen) atoms. The van der Waals surface area contributed by atoms with Crippen molar-refractivity contribution in [2.45, 2.75) is 6.92 Å². The number of methoxy groups -OCH3 is 3. The lowest BCUT2D eigenvalue weighted by Crippen LogP contribution is -1.94. The second kappa shape index (κ2) is 5.00. The van der Waals surface area contributed by atoms with E-state index in [0.717, 1.165) is 11.3 Å². The van der Waals surface area contributed by atoms with Gasteiger partial charge < -0.3 is 18.6 Å². The first-order valence-corrected chi connectivity index (χ1v) is 5.42. The van der Waals surface area contributed by atoms with Gasteiger partial charge in [-0.15, -0.1) is 0 Å². The molecule has 5 heteroatoms. The molecule has 5 nitrogen and oxygen atoms in total. The summed E-state index contributed by atoms with van der Waals surface area (Å²) in [5, 5.41) is 0. The van der Waals surface area contributed by atoms with Crippen LogP contribution in [-0.4, -0.2) is 26.3 Å². The molecular formula is C13H15NO4. The van der Waals surface area contributed by atoms with E-state index < -0.39 is 0 Å². The van der Waals surface area contributed by atoms with Gasteiger partial charge >= 0.3 is 0 Å². The van der Waals surface area contributed by atoms with E-state index in [0.29, 0.717) is 23.1 Å². The molecule has 1 heterocycles. The maximum absolute atomic E-state index is 5.50. The van der Waals surface area contributed by atoms with Crippen molar-refractivity contribution < 1.29 is 18.6 Å². The second-order valence-corrected chi connectivity index (χ2v) is 3.68. The molecule has 96 valence electrons. The van der Waals surface area contributed by atoms with Gasteiger partial charge in [-0.2, -0.15) is 0 Å². The Bertz CT molecular complexity index is 548. The first kappa shape index (κ1) is 12.3. The monoisotopic (exact) mass is 249 g/mol. The average Bonchev–Trinajstić information content (AvgIpc) is 2.83. The highest BCUT2D eigenvalue weighted by molar-refractivity contribution is 5.68. The van der Waals surface area contributed by atoms with E-state index in [1.807, 2.05) is 6.92 Å². The molecule has 0 saturated heterocycles. The minimum atomic E-state index is 0.491. The number of nitrogens with zero attached hydrogens (tertiary/aromatic N) is 1. The van der Waals surface area contributed by atoms with Crippen molar-refractivity contribution in [3.8, 4) is 28.7 Å². The average molecular weight is 249 g/mol. The molecule has 0 bridgehead atoms. The Morgan fingerprint density at radius 2 is 1.56 bits per heavy atom. The molecule has 0 N–H and O–H groups in total. The van der Waals surface area contributed by atoms with Gasteiger partial charge in [0, 0.05) is 12.1 Å². The smallest absolute Gasteiger partial charge is 0.230 e. The lowest BCUT2D eigenvalue weighted by atomic mass is 10.1. The van der Waals surface area contributed by atoms with Crippen molar-refractivity contribution in [3.63, 3.8) is 0 Å². The lowest BCUT2D eigenvalue weighted by molar-refractivity contribution is 0.349. The molecule has 1 aromatic heterocycles. The molecule has 1 aromatic carbocycles. The second-order valence-electron chi connectivity index (χ2n) is 3.68. The summed E-state index contributed by atoms with van der Waals surface area (Å²) in [6.45, 7) is 1.84. The Balaban J connectivity index is 2.58. The predicted octanol–water partition coefficient (Wildman–Crippen LogP) is 2.68. The molecule has 2 rings (SSSR count). The molecule has 0 spiro atoms. The number of rotatable bonds is 4. The molecule has 0 atom stereocenters. The van der Waals surface area contributed by atoms with Crippen molar-refractivity contribution in [3.05, 3.63) is 24.1 Å². The molecule has 0 aliphatic carbocycles. The van der Waals surface area contributed by atoms with Crippen LogP contribution in [0.2, 0.25) is 0 Å². The van der Waals surface area contributed by atoms with Crippen LogP contribution >= 0.6 is 0 Å². The van der Waals surface area contributed by atoms with Crippen molar-refractivity contribution in [2.24, 2.45) is 0 Å². The van der Waals surface area contributed by atoms with Crippen LogP contribution in [0.4, 0.5) is 0 Å². The maximum atomic E-state index is 5.50. The fraction of sp³-hybridized carbons (Fsp3) is 0.308. The molecule has 0 aliphatic rings. The molecule has 0 saturated carbocycles. The Kier molecular flexibility index (Phi) is 3.41. The van der Waals surface area contributed by atoms with Crippen LogP contribution in [-0.2, 0) is 0 Å². The van der Waals surface area contributed by atoms with E-state index in [-0.39, 0.29) is 0 Å². The summed E-state index contributed by atoms with van der Waals surface area (Å²) < 4.78 is 21.3. The van der Waals surface area contributed by atoms with Crippen LogP contribution < -0.4 is 14.2 Å². The van der Waals surface area contributed by atoms with Crippen molar-refractivity contribution in [1.82, 2.24) is 4.98 Å². The Morgan fingerprint density at radius 3 is 2.06 bits per heavy atom. The lowest BCUT2D eigenvalue weighted by Gasteiger charge is -2.12. The van der Waals surface area contributed by atoms with Gasteiger partial charge in [-0.25, -0.2) is 4.98 Å². The van der Waals surface area contributed by atoms with Gasteiger partial charge in [-0.05, 0) is 6.92 Å². The molecule has 0 radical (unpaired) electrons. The number of hydrogen-bond donors (Lipinski definition) is 0. The molecule has 2 aromatic rings. The van der Waals surface area contributed by atoms with Crippen LogP contribution in [0.3, 0.4) is 0 Å². The Labute approximate surface area is 105 Å². The minimum absolute atomic E-state index is 0.491. The molecule has 0 fully saturated rings. The first-order chi connectivity index (χ1) is 8.69. The normalized spacial score (nSPS) is 10.2. The highest BCUT2D eigenvalue weighted by atomic mass is 16.5. The molecule has 0 unspecified atom stereocenters. The number of aromatic nitrogens is 1. The SMILES string of the molecule is COc1cc(OC)c(-c2ncc(C)o2)cc1OC. The van der Waals surface area contributed by atoms with E-state index in [9.17, 15) is 0 Å². The largest absolute Gasteiger partial charge is 0.496 e. The van der Waals surface area contributed by atoms with Crippen molar-refractivity contribution in [1.29, 1.82) is 0 Å². The number of ether oxygens (including phenoxy) is 3. The van der Waals surface area contributed by atoms with Gasteiger partial charge in [0.05, 0.1) is 33.1 Å². The zero-order valence-corrected chi connectivity index (χ0v) is 10.8. The molecular weight excluding hydrogens is 234 g/mol. The third kappa shape index (κ3) is 2.11. The zero-order valence-electron chi connectivity index (χ0n) is 10.8. The van der Waals surface area contributed by atoms with Crippen LogP contribution in [0.5, 0.6) is 17.2 Å². The highest BCUT2D eigenvalue weighted by Crippen LogP contribution is 2.39. The third-order valence-corrected chi connectivity index (χ3v) is 2.56. The van der Waals surface area contributed by atoms with Crippen LogP contribution in [0.25, 0.3) is 11.5 Å². The van der Waals surface area contributed by atoms with Crippen LogP contribution in [0, 0.1) is 6.92 Å². The number of oxazole rings is 1. The number of benzene rings is 1. The quantitative estimate of drug-likeness (QED) is 0.833. The zero-order chi connectivity index (χ0) is 13.1. The van der Waals surface area contributed by atoms with Crippen molar-refractivity contribution >= 4 is 0 Å². The summed E-state index contributed by atoms with van der Waals surface area (Å²) in [5.74, 6) is 3.05. The van der Waals surface area contributed by atoms with Gasteiger partial charge in [-0.1, -0.05) is 0 Å². The standard InChI is InChI=1S/C13H15NO4/c1-8-7-14-13(18-8)9-5-11(16-3)12(17-4)6-10(9)15-2/h5-7H,1-4H3. The summed E-state index contributed by atoms with van der Waals surface area (Å²) in [7, 11) is 4.74. The summed E-state index contributed by atoms with van der Waals surface area (Å²) in [4.78, 5) is 4.18. The van der Waals surface area contributed by atoms with E-state index in [2.05, 4.69) is 4.98 Å². The fourth-order valence-electron chi connectivity index (χ4n) is 1.68. The van der Waals surface area contributed by atoms with Crippen LogP contribution in [0.15, 0.2) is 22.7 Å². The van der Waals surface area contributed by atoms with Crippen molar-refractivity contribution in [2.75, 3.05) is 21.3 Å². The first-order valence-electron chi connectivity index (χ1n) is 5.42. The summed E-state index contributed by atoms with van der Waals surface area (Å²) in [6, 6.07) is 3.52. The molecule has 0 aliphatic heterocycles. The van der Waals surface area contributed by atoms with Gasteiger partial charge in [0.1, 0.15) is 11.5 Å². The van der Waals surface area contributed by atoms with Gasteiger partial charge in [0.25, 0.3) is 0 Å². The number of aryl methyl sites for hydroxylation is 1. The fourth-order valence-corrected chi connectivity index (χ4v) is 1.68. The maximum Gasteiger partial charge on any atom is 0.230 e. The molecule has 0 amide bonds. The van der Waals surface area contributed by atoms with Crippen LogP contribution in [0.1, 0.15) is 5.76 Å². The summed E-state index contributed by atoms with van der Waals surface area (Å²) in [6.07, 6.45) is 1.66. The minimum Gasteiger partial charge on any atom is -0.496 e. The highest BCUT2D eigenvalue weighted by Gasteiger charge is 2.16. The topological polar surface area (TPSA) is 53.7 Å². The van der Waals surface area contributed by atoms with Gasteiger partial charge in [0.2, 0.25) is 5.89 Å². The van der Waals surface area contributed by atoms with Gasteiger partial charge in [0.15, 0.2) is 11.5 Å². The Hall–Kier alpha value is -2.17. The van der Waals surface area contributed by atoms with E-state index in [4.69, 9.17) is 18.6 Å². The van der Waals surface area contributed by atoms with E-state index in [1.54, 1.807) is 39.7 Å². The Morgan fingerprint density at radius 1 is 0.944 bits per heavy atom. The van der Waals surface area contributed by atoms with E-state index in [1.165, 1.54) is 0 Å². The third-order valence-electron chi connectivity index (χ3n) is 2.56. The predicted molar refractivity (Wildman–Crippen MR) is 66.3 cm³/mol. The number of hydrogen-bond acceptors (Lipinski definition) is 5.